The third-order valence-corrected chi connectivity index (χ3v) is 8.25. The minimum Gasteiger partial charge on any atom is -0.290 e. The molecule has 0 radical (unpaired) electrons. The van der Waals surface area contributed by atoms with E-state index < -0.39 is 0 Å². The molecule has 0 amide bonds. The number of rotatable bonds is 1. The summed E-state index contributed by atoms with van der Waals surface area (Å²) in [6.45, 7) is 7.40. The highest BCUT2D eigenvalue weighted by molar-refractivity contribution is 6.01. The molecular weight excluding hydrogens is 268 g/mol. The zero-order valence-electron chi connectivity index (χ0n) is 14.4. The molecule has 0 bridgehead atoms. The van der Waals surface area contributed by atoms with E-state index in [1.54, 1.807) is 0 Å². The van der Waals surface area contributed by atoms with Crippen LogP contribution in [-0.4, -0.2) is 5.78 Å². The van der Waals surface area contributed by atoms with Gasteiger partial charge in [-0.05, 0) is 79.8 Å². The highest BCUT2D eigenvalue weighted by Gasteiger charge is 2.57. The number of hydrogen-bond donors (Lipinski definition) is 0. The van der Waals surface area contributed by atoms with Crippen LogP contribution in [0.15, 0.2) is 23.8 Å². The van der Waals surface area contributed by atoms with Crippen molar-refractivity contribution >= 4 is 5.78 Å². The Morgan fingerprint density at radius 2 is 1.95 bits per heavy atom. The SMILES string of the molecule is CCC1CCC2C3CCC4=CC(=O)C=CC4(C)C3CCC12C. The molecule has 1 nitrogen and oxygen atoms in total. The Bertz CT molecular complexity index is 556. The van der Waals surface area contributed by atoms with Crippen LogP contribution in [0.2, 0.25) is 0 Å². The number of carbonyl (C=O) groups is 1. The van der Waals surface area contributed by atoms with Crippen LogP contribution >= 0.6 is 0 Å². The van der Waals surface area contributed by atoms with Gasteiger partial charge >= 0.3 is 0 Å². The fraction of sp³-hybridized carbons (Fsp3) is 0.762. The maximum atomic E-state index is 11.8. The second-order valence-corrected chi connectivity index (χ2v) is 8.83. The van der Waals surface area contributed by atoms with Crippen LogP contribution in [0.5, 0.6) is 0 Å². The minimum atomic E-state index is 0.169. The van der Waals surface area contributed by atoms with Crippen molar-refractivity contribution in [3.05, 3.63) is 23.8 Å². The third-order valence-electron chi connectivity index (χ3n) is 8.25. The molecule has 3 fully saturated rings. The predicted molar refractivity (Wildman–Crippen MR) is 90.4 cm³/mol. The number of fused-ring (bicyclic) bond motifs is 5. The monoisotopic (exact) mass is 298 g/mol. The first-order chi connectivity index (χ1) is 10.5. The van der Waals surface area contributed by atoms with Crippen LogP contribution in [0.1, 0.15) is 65.7 Å². The van der Waals surface area contributed by atoms with Crippen molar-refractivity contribution in [1.82, 2.24) is 0 Å². The number of ketones is 1. The molecule has 0 aliphatic heterocycles. The standard InChI is InChI=1S/C21H30O/c1-4-14-6-8-18-17-7-5-15-13-16(22)9-11-21(15,3)19(17)10-12-20(14,18)2/h9,11,13-14,17-19H,4-8,10,12H2,1-3H3. The molecule has 22 heavy (non-hydrogen) atoms. The topological polar surface area (TPSA) is 17.1 Å². The lowest BCUT2D eigenvalue weighted by Gasteiger charge is -2.57. The smallest absolute Gasteiger partial charge is 0.178 e. The van der Waals surface area contributed by atoms with Gasteiger partial charge in [0.2, 0.25) is 0 Å². The highest BCUT2D eigenvalue weighted by Crippen LogP contribution is 2.66. The summed E-state index contributed by atoms with van der Waals surface area (Å²) in [6.07, 6.45) is 15.6. The first-order valence-electron chi connectivity index (χ1n) is 9.43. The quantitative estimate of drug-likeness (QED) is 0.640. The van der Waals surface area contributed by atoms with Crippen LogP contribution in [0, 0.1) is 34.5 Å². The van der Waals surface area contributed by atoms with Crippen molar-refractivity contribution in [2.24, 2.45) is 34.5 Å². The second-order valence-electron chi connectivity index (χ2n) is 8.83. The lowest BCUT2D eigenvalue weighted by molar-refractivity contribution is -0.111. The molecule has 4 aliphatic rings. The Labute approximate surface area is 135 Å². The van der Waals surface area contributed by atoms with E-state index in [0.717, 1.165) is 30.1 Å². The summed E-state index contributed by atoms with van der Waals surface area (Å²) < 4.78 is 0. The van der Waals surface area contributed by atoms with Crippen molar-refractivity contribution in [2.45, 2.75) is 65.7 Å². The summed E-state index contributed by atoms with van der Waals surface area (Å²) in [7, 11) is 0. The molecule has 0 spiro atoms. The van der Waals surface area contributed by atoms with Crippen molar-refractivity contribution in [3.8, 4) is 0 Å². The summed E-state index contributed by atoms with van der Waals surface area (Å²) in [5.41, 5.74) is 2.19. The van der Waals surface area contributed by atoms with Gasteiger partial charge in [0.25, 0.3) is 0 Å². The van der Waals surface area contributed by atoms with E-state index in [4.69, 9.17) is 0 Å². The molecule has 0 N–H and O–H groups in total. The first kappa shape index (κ1) is 14.7. The van der Waals surface area contributed by atoms with Gasteiger partial charge in [-0.3, -0.25) is 4.79 Å². The number of allylic oxidation sites excluding steroid dienone is 4. The van der Waals surface area contributed by atoms with Crippen LogP contribution < -0.4 is 0 Å². The molecule has 4 rings (SSSR count). The number of carbonyl (C=O) groups excluding carboxylic acids is 1. The molecule has 0 aromatic heterocycles. The van der Waals surface area contributed by atoms with E-state index in [9.17, 15) is 4.79 Å². The second kappa shape index (κ2) is 4.82. The third kappa shape index (κ3) is 1.80. The molecule has 3 saturated carbocycles. The van der Waals surface area contributed by atoms with Gasteiger partial charge in [0.1, 0.15) is 0 Å². The summed E-state index contributed by atoms with van der Waals surface area (Å²) in [6, 6.07) is 0. The van der Waals surface area contributed by atoms with Gasteiger partial charge in [0.05, 0.1) is 0 Å². The molecule has 0 aromatic carbocycles. The van der Waals surface area contributed by atoms with Crippen LogP contribution in [0.3, 0.4) is 0 Å². The summed E-state index contributed by atoms with van der Waals surface area (Å²) in [5, 5.41) is 0. The van der Waals surface area contributed by atoms with Gasteiger partial charge < -0.3 is 0 Å². The molecule has 1 heteroatoms. The van der Waals surface area contributed by atoms with E-state index in [1.165, 1.54) is 44.1 Å². The van der Waals surface area contributed by atoms with E-state index in [0.29, 0.717) is 5.41 Å². The van der Waals surface area contributed by atoms with Crippen LogP contribution in [-0.2, 0) is 4.79 Å². The van der Waals surface area contributed by atoms with E-state index in [1.807, 2.05) is 12.2 Å². The van der Waals surface area contributed by atoms with E-state index >= 15 is 0 Å². The van der Waals surface area contributed by atoms with Gasteiger partial charge in [-0.2, -0.15) is 0 Å². The van der Waals surface area contributed by atoms with E-state index in [-0.39, 0.29) is 11.2 Å². The Kier molecular flexibility index (Phi) is 3.23. The lowest BCUT2D eigenvalue weighted by atomic mass is 9.47. The molecule has 6 unspecified atom stereocenters. The fourth-order valence-electron chi connectivity index (χ4n) is 6.98. The van der Waals surface area contributed by atoms with Crippen molar-refractivity contribution < 1.29 is 4.79 Å². The van der Waals surface area contributed by atoms with Crippen LogP contribution in [0.4, 0.5) is 0 Å². The largest absolute Gasteiger partial charge is 0.290 e. The highest BCUT2D eigenvalue weighted by atomic mass is 16.1. The van der Waals surface area contributed by atoms with Crippen molar-refractivity contribution in [3.63, 3.8) is 0 Å². The zero-order valence-corrected chi connectivity index (χ0v) is 14.4. The van der Waals surface area contributed by atoms with Gasteiger partial charge in [-0.25, -0.2) is 0 Å². The molecular formula is C21H30O. The Morgan fingerprint density at radius 3 is 2.73 bits per heavy atom. The molecule has 120 valence electrons. The van der Waals surface area contributed by atoms with Crippen molar-refractivity contribution in [1.29, 1.82) is 0 Å². The van der Waals surface area contributed by atoms with Crippen molar-refractivity contribution in [2.75, 3.05) is 0 Å². The number of hydrogen-bond acceptors (Lipinski definition) is 1. The maximum absolute atomic E-state index is 11.8. The van der Waals surface area contributed by atoms with E-state index in [2.05, 4.69) is 26.8 Å². The lowest BCUT2D eigenvalue weighted by Crippen LogP contribution is -2.49. The van der Waals surface area contributed by atoms with Gasteiger partial charge in [0.15, 0.2) is 5.78 Å². The molecule has 0 heterocycles. The first-order valence-corrected chi connectivity index (χ1v) is 9.43. The van der Waals surface area contributed by atoms with Crippen LogP contribution in [0.25, 0.3) is 0 Å². The molecule has 0 aromatic rings. The average Bonchev–Trinajstić information content (AvgIpc) is 2.84. The predicted octanol–water partition coefficient (Wildman–Crippen LogP) is 5.32. The summed E-state index contributed by atoms with van der Waals surface area (Å²) in [4.78, 5) is 11.8. The maximum Gasteiger partial charge on any atom is 0.178 e. The summed E-state index contributed by atoms with van der Waals surface area (Å²) in [5.74, 6) is 3.74. The fourth-order valence-corrected chi connectivity index (χ4v) is 6.98. The molecule has 0 saturated heterocycles. The van der Waals surface area contributed by atoms with Gasteiger partial charge in [-0.1, -0.05) is 38.8 Å². The Hall–Kier alpha value is -0.850. The zero-order chi connectivity index (χ0) is 15.5. The normalized spacial score (nSPS) is 50.1. The molecule has 4 aliphatic carbocycles. The minimum absolute atomic E-state index is 0.169. The average molecular weight is 298 g/mol. The Balaban J connectivity index is 1.68. The Morgan fingerprint density at radius 1 is 1.14 bits per heavy atom. The molecule has 6 atom stereocenters. The summed E-state index contributed by atoms with van der Waals surface area (Å²) >= 11 is 0. The van der Waals surface area contributed by atoms with Gasteiger partial charge in [-0.15, -0.1) is 0 Å². The van der Waals surface area contributed by atoms with Gasteiger partial charge in [0, 0.05) is 5.41 Å².